The Morgan fingerprint density at radius 1 is 1.14 bits per heavy atom. The van der Waals surface area contributed by atoms with Crippen LogP contribution in [0.25, 0.3) is 22.2 Å². The minimum absolute atomic E-state index is 0.0984. The molecule has 0 radical (unpaired) electrons. The Hall–Kier alpha value is -2.99. The van der Waals surface area contributed by atoms with Gasteiger partial charge in [-0.2, -0.15) is 0 Å². The molecule has 5 nitrogen and oxygen atoms in total. The zero-order valence-corrected chi connectivity index (χ0v) is 17.0. The minimum Gasteiger partial charge on any atom is -0.497 e. The number of thiocarbonyl (C=S) groups is 1. The molecule has 0 aliphatic heterocycles. The fraction of sp³-hybridized carbons (Fsp3) is 0.227. The van der Waals surface area contributed by atoms with Crippen LogP contribution in [0.3, 0.4) is 0 Å². The molecule has 0 atom stereocenters. The van der Waals surface area contributed by atoms with Crippen LogP contribution in [0.5, 0.6) is 5.75 Å². The summed E-state index contributed by atoms with van der Waals surface area (Å²) in [5, 5.41) is 0.945. The van der Waals surface area contributed by atoms with E-state index in [0.29, 0.717) is 11.6 Å². The van der Waals surface area contributed by atoms with Gasteiger partial charge in [0.1, 0.15) is 17.3 Å². The second kappa shape index (κ2) is 8.80. The largest absolute Gasteiger partial charge is 0.497 e. The number of fused-ring (bicyclic) bond motifs is 1. The molecule has 3 rings (SSSR count). The Morgan fingerprint density at radius 2 is 1.86 bits per heavy atom. The lowest BCUT2D eigenvalue weighted by atomic mass is 10.0. The number of carbonyl (C=O) groups excluding carboxylic acids is 1. The number of aromatic nitrogens is 1. The van der Waals surface area contributed by atoms with Crippen LogP contribution in [0.2, 0.25) is 0 Å². The summed E-state index contributed by atoms with van der Waals surface area (Å²) in [6.45, 7) is 2.23. The molecule has 0 bridgehead atoms. The Labute approximate surface area is 169 Å². The average molecular weight is 394 g/mol. The SMILES string of the molecule is CCOC(=O)CN(C)C(=S)c1cc(-c2ccc(OC)cc2)nc2ccccc12. The van der Waals surface area contributed by atoms with E-state index in [9.17, 15) is 4.79 Å². The third-order valence-corrected chi connectivity index (χ3v) is 4.88. The van der Waals surface area contributed by atoms with Crippen molar-refractivity contribution >= 4 is 34.1 Å². The van der Waals surface area contributed by atoms with Crippen LogP contribution in [0, 0.1) is 0 Å². The van der Waals surface area contributed by atoms with Gasteiger partial charge in [-0.1, -0.05) is 30.4 Å². The molecule has 144 valence electrons. The zero-order chi connectivity index (χ0) is 20.1. The Balaban J connectivity index is 2.02. The van der Waals surface area contributed by atoms with Crippen molar-refractivity contribution in [2.24, 2.45) is 0 Å². The highest BCUT2D eigenvalue weighted by Crippen LogP contribution is 2.27. The van der Waals surface area contributed by atoms with Crippen LogP contribution >= 0.6 is 12.2 Å². The van der Waals surface area contributed by atoms with E-state index in [4.69, 9.17) is 26.7 Å². The summed E-state index contributed by atoms with van der Waals surface area (Å²) in [7, 11) is 3.43. The summed E-state index contributed by atoms with van der Waals surface area (Å²) in [4.78, 5) is 18.9. The molecule has 2 aromatic carbocycles. The van der Waals surface area contributed by atoms with Crippen LogP contribution in [0.1, 0.15) is 12.5 Å². The van der Waals surface area contributed by atoms with E-state index >= 15 is 0 Å². The van der Waals surface area contributed by atoms with E-state index in [1.807, 2.05) is 54.6 Å². The molecule has 0 aliphatic carbocycles. The quantitative estimate of drug-likeness (QED) is 0.464. The van der Waals surface area contributed by atoms with E-state index < -0.39 is 0 Å². The van der Waals surface area contributed by atoms with Gasteiger partial charge in [0.2, 0.25) is 0 Å². The summed E-state index contributed by atoms with van der Waals surface area (Å²) >= 11 is 5.69. The lowest BCUT2D eigenvalue weighted by Gasteiger charge is -2.21. The fourth-order valence-corrected chi connectivity index (χ4v) is 3.17. The van der Waals surface area contributed by atoms with Crippen LogP contribution in [-0.2, 0) is 9.53 Å². The van der Waals surface area contributed by atoms with E-state index in [2.05, 4.69) is 0 Å². The van der Waals surface area contributed by atoms with Crippen LogP contribution in [0.15, 0.2) is 54.6 Å². The highest BCUT2D eigenvalue weighted by atomic mass is 32.1. The number of pyridine rings is 1. The number of likely N-dealkylation sites (N-methyl/N-ethyl adjacent to an activating group) is 1. The van der Waals surface area contributed by atoms with Crippen molar-refractivity contribution < 1.29 is 14.3 Å². The first-order valence-electron chi connectivity index (χ1n) is 8.98. The first-order valence-corrected chi connectivity index (χ1v) is 9.39. The summed E-state index contributed by atoms with van der Waals surface area (Å²) in [5.74, 6) is 0.482. The normalized spacial score (nSPS) is 10.5. The number of ether oxygens (including phenoxy) is 2. The smallest absolute Gasteiger partial charge is 0.325 e. The highest BCUT2D eigenvalue weighted by molar-refractivity contribution is 7.80. The molecule has 3 aromatic rings. The van der Waals surface area contributed by atoms with Crippen LogP contribution in [-0.4, -0.2) is 48.2 Å². The topological polar surface area (TPSA) is 51.7 Å². The molecule has 28 heavy (non-hydrogen) atoms. The second-order valence-electron chi connectivity index (χ2n) is 6.27. The maximum atomic E-state index is 11.9. The van der Waals surface area contributed by atoms with Gasteiger partial charge in [-0.05, 0) is 43.3 Å². The van der Waals surface area contributed by atoms with Gasteiger partial charge in [-0.25, -0.2) is 4.98 Å². The van der Waals surface area contributed by atoms with Crippen molar-refractivity contribution in [2.45, 2.75) is 6.92 Å². The van der Waals surface area contributed by atoms with E-state index in [1.165, 1.54) is 0 Å². The predicted molar refractivity (Wildman–Crippen MR) is 115 cm³/mol. The van der Waals surface area contributed by atoms with Gasteiger partial charge in [0, 0.05) is 23.6 Å². The first kappa shape index (κ1) is 19.8. The summed E-state index contributed by atoms with van der Waals surface area (Å²) in [6, 6.07) is 17.5. The number of benzene rings is 2. The molecular formula is C22H22N2O3S. The van der Waals surface area contributed by atoms with Gasteiger partial charge in [0.15, 0.2) is 0 Å². The van der Waals surface area contributed by atoms with E-state index in [0.717, 1.165) is 33.5 Å². The summed E-state index contributed by atoms with van der Waals surface area (Å²) in [5.41, 5.74) is 3.47. The second-order valence-corrected chi connectivity index (χ2v) is 6.65. The van der Waals surface area contributed by atoms with E-state index in [1.54, 1.807) is 26.0 Å². The maximum Gasteiger partial charge on any atom is 0.325 e. The van der Waals surface area contributed by atoms with Crippen molar-refractivity contribution in [1.82, 2.24) is 9.88 Å². The molecule has 0 aliphatic rings. The minimum atomic E-state index is -0.305. The maximum absolute atomic E-state index is 11.9. The molecule has 0 N–H and O–H groups in total. The number of nitrogens with zero attached hydrogens (tertiary/aromatic N) is 2. The molecule has 0 spiro atoms. The average Bonchev–Trinajstić information content (AvgIpc) is 2.72. The van der Waals surface area contributed by atoms with Crippen molar-refractivity contribution in [3.05, 3.63) is 60.2 Å². The van der Waals surface area contributed by atoms with Crippen molar-refractivity contribution in [2.75, 3.05) is 27.3 Å². The fourth-order valence-electron chi connectivity index (χ4n) is 2.94. The Morgan fingerprint density at radius 3 is 2.54 bits per heavy atom. The number of hydrogen-bond acceptors (Lipinski definition) is 5. The van der Waals surface area contributed by atoms with Gasteiger partial charge in [0.05, 0.1) is 24.9 Å². The van der Waals surface area contributed by atoms with Crippen molar-refractivity contribution in [3.63, 3.8) is 0 Å². The molecule has 1 aromatic heterocycles. The summed E-state index contributed by atoms with van der Waals surface area (Å²) < 4.78 is 10.3. The molecule has 0 saturated heterocycles. The number of hydrogen-bond donors (Lipinski definition) is 0. The lowest BCUT2D eigenvalue weighted by molar-refractivity contribution is -0.143. The molecule has 0 unspecified atom stereocenters. The third-order valence-electron chi connectivity index (χ3n) is 4.35. The van der Waals surface area contributed by atoms with Gasteiger partial charge >= 0.3 is 5.97 Å². The number of methoxy groups -OCH3 is 1. The summed E-state index contributed by atoms with van der Waals surface area (Å²) in [6.07, 6.45) is 0. The predicted octanol–water partition coefficient (Wildman–Crippen LogP) is 4.08. The molecule has 1 heterocycles. The molecule has 6 heteroatoms. The molecule has 0 fully saturated rings. The van der Waals surface area contributed by atoms with Crippen molar-refractivity contribution in [3.8, 4) is 17.0 Å². The Kier molecular flexibility index (Phi) is 6.21. The van der Waals surface area contributed by atoms with Gasteiger partial charge in [-0.15, -0.1) is 0 Å². The molecule has 0 saturated carbocycles. The van der Waals surface area contributed by atoms with Crippen LogP contribution < -0.4 is 4.74 Å². The standard InChI is InChI=1S/C22H22N2O3S/c1-4-27-21(25)14-24(2)22(28)18-13-20(15-9-11-16(26-3)12-10-15)23-19-8-6-5-7-17(18)19/h5-13H,4,14H2,1-3H3. The third kappa shape index (κ3) is 4.28. The number of para-hydroxylation sites is 1. The van der Waals surface area contributed by atoms with E-state index in [-0.39, 0.29) is 12.5 Å². The van der Waals surface area contributed by atoms with Gasteiger partial charge in [-0.3, -0.25) is 4.79 Å². The lowest BCUT2D eigenvalue weighted by Crippen LogP contribution is -2.32. The van der Waals surface area contributed by atoms with Gasteiger partial charge < -0.3 is 14.4 Å². The molecule has 0 amide bonds. The zero-order valence-electron chi connectivity index (χ0n) is 16.1. The number of rotatable bonds is 6. The highest BCUT2D eigenvalue weighted by Gasteiger charge is 2.16. The first-order chi connectivity index (χ1) is 13.5. The number of carbonyl (C=O) groups is 1. The molecular weight excluding hydrogens is 372 g/mol. The van der Waals surface area contributed by atoms with Crippen molar-refractivity contribution in [1.29, 1.82) is 0 Å². The monoisotopic (exact) mass is 394 g/mol. The van der Waals surface area contributed by atoms with Crippen LogP contribution in [0.4, 0.5) is 0 Å². The Bertz CT molecular complexity index is 1000. The van der Waals surface area contributed by atoms with Gasteiger partial charge in [0.25, 0.3) is 0 Å². The number of esters is 1.